The highest BCUT2D eigenvalue weighted by molar-refractivity contribution is 7.10. The number of benzene rings is 2. The SMILES string of the molecule is CC[C@H](C)N(CC(=O)N1CCc2sccc2[C@@H]1COc1ccc(Cl)c(C)c1)C(=O)c1ccccc1C. The number of nitrogens with zero attached hydrogens (tertiary/aromatic N) is 2. The van der Waals surface area contributed by atoms with Gasteiger partial charge in [-0.3, -0.25) is 9.59 Å². The molecule has 0 bridgehead atoms. The Bertz CT molecular complexity index is 1240. The van der Waals surface area contributed by atoms with Crippen molar-refractivity contribution in [1.29, 1.82) is 0 Å². The van der Waals surface area contributed by atoms with E-state index in [1.54, 1.807) is 16.2 Å². The maximum Gasteiger partial charge on any atom is 0.254 e. The van der Waals surface area contributed by atoms with Crippen LogP contribution in [0.2, 0.25) is 5.02 Å². The average molecular weight is 525 g/mol. The van der Waals surface area contributed by atoms with Gasteiger partial charge in [-0.05, 0) is 86.0 Å². The number of rotatable bonds is 8. The second-order valence-corrected chi connectivity index (χ2v) is 10.8. The zero-order valence-corrected chi connectivity index (χ0v) is 22.9. The number of carbonyl (C=O) groups excluding carboxylic acids is 2. The van der Waals surface area contributed by atoms with Gasteiger partial charge in [-0.1, -0.05) is 36.7 Å². The Hall–Kier alpha value is -2.83. The standard InChI is InChI=1S/C29H33ClN2O3S/c1-5-21(4)32(29(34)23-9-7-6-8-19(23)2)17-28(33)31-14-12-27-24(13-15-36-27)26(31)18-35-22-10-11-25(30)20(3)16-22/h6-11,13,15-16,21,26H,5,12,14,17-18H2,1-4H3/t21-,26-/m0/s1. The van der Waals surface area contributed by atoms with Crippen LogP contribution >= 0.6 is 22.9 Å². The summed E-state index contributed by atoms with van der Waals surface area (Å²) in [5.41, 5.74) is 3.63. The minimum atomic E-state index is -0.212. The number of aryl methyl sites for hydroxylation is 2. The van der Waals surface area contributed by atoms with E-state index in [1.165, 1.54) is 4.88 Å². The molecule has 2 heterocycles. The van der Waals surface area contributed by atoms with Crippen LogP contribution in [-0.2, 0) is 11.2 Å². The predicted molar refractivity (Wildman–Crippen MR) is 146 cm³/mol. The Balaban J connectivity index is 1.56. The molecule has 2 amide bonds. The summed E-state index contributed by atoms with van der Waals surface area (Å²) >= 11 is 7.89. The number of thiophene rings is 1. The topological polar surface area (TPSA) is 49.9 Å². The average Bonchev–Trinajstić information content (AvgIpc) is 3.36. The van der Waals surface area contributed by atoms with E-state index < -0.39 is 0 Å². The first-order valence-electron chi connectivity index (χ1n) is 12.4. The van der Waals surface area contributed by atoms with Crippen LogP contribution in [0.4, 0.5) is 0 Å². The van der Waals surface area contributed by atoms with Crippen LogP contribution in [0.3, 0.4) is 0 Å². The van der Waals surface area contributed by atoms with Gasteiger partial charge in [0, 0.05) is 28.0 Å². The summed E-state index contributed by atoms with van der Waals surface area (Å²) in [5, 5.41) is 2.77. The molecule has 0 aliphatic carbocycles. The van der Waals surface area contributed by atoms with Gasteiger partial charge in [0.1, 0.15) is 18.9 Å². The van der Waals surface area contributed by atoms with Crippen molar-refractivity contribution in [2.75, 3.05) is 19.7 Å². The highest BCUT2D eigenvalue weighted by Gasteiger charge is 2.34. The van der Waals surface area contributed by atoms with Crippen LogP contribution < -0.4 is 4.74 Å². The summed E-state index contributed by atoms with van der Waals surface area (Å²) in [4.78, 5) is 32.2. The zero-order valence-electron chi connectivity index (χ0n) is 21.3. The fourth-order valence-electron chi connectivity index (χ4n) is 4.61. The minimum Gasteiger partial charge on any atom is -0.491 e. The maximum atomic E-state index is 13.8. The number of halogens is 1. The van der Waals surface area contributed by atoms with Gasteiger partial charge in [-0.15, -0.1) is 11.3 Å². The summed E-state index contributed by atoms with van der Waals surface area (Å²) < 4.78 is 6.17. The maximum absolute atomic E-state index is 13.8. The van der Waals surface area contributed by atoms with Gasteiger partial charge in [0.2, 0.25) is 5.91 Å². The minimum absolute atomic E-state index is 0.0399. The molecular weight excluding hydrogens is 492 g/mol. The Kier molecular flexibility index (Phi) is 8.37. The van der Waals surface area contributed by atoms with Crippen LogP contribution in [0.15, 0.2) is 53.9 Å². The molecule has 2 aromatic carbocycles. The van der Waals surface area contributed by atoms with Crippen LogP contribution in [0, 0.1) is 13.8 Å². The van der Waals surface area contributed by atoms with Crippen molar-refractivity contribution in [2.45, 2.75) is 52.6 Å². The number of carbonyl (C=O) groups is 2. The second-order valence-electron chi connectivity index (χ2n) is 9.38. The largest absolute Gasteiger partial charge is 0.491 e. The number of hydrogen-bond acceptors (Lipinski definition) is 4. The quantitative estimate of drug-likeness (QED) is 0.339. The van der Waals surface area contributed by atoms with Gasteiger partial charge in [0.25, 0.3) is 5.91 Å². The molecule has 4 rings (SSSR count). The summed E-state index contributed by atoms with van der Waals surface area (Å²) in [6.07, 6.45) is 1.58. The molecule has 0 N–H and O–H groups in total. The van der Waals surface area contributed by atoms with E-state index in [0.717, 1.165) is 35.3 Å². The van der Waals surface area contributed by atoms with Crippen molar-refractivity contribution in [3.05, 3.63) is 86.1 Å². The van der Waals surface area contributed by atoms with Crippen molar-refractivity contribution in [3.8, 4) is 5.75 Å². The number of amides is 2. The Morgan fingerprint density at radius 1 is 1.17 bits per heavy atom. The Labute approximate surface area is 222 Å². The molecule has 0 spiro atoms. The molecule has 1 aromatic heterocycles. The summed E-state index contributed by atoms with van der Waals surface area (Å²) in [7, 11) is 0. The van der Waals surface area contributed by atoms with Crippen molar-refractivity contribution in [3.63, 3.8) is 0 Å². The lowest BCUT2D eigenvalue weighted by Crippen LogP contribution is -2.50. The van der Waals surface area contributed by atoms with Gasteiger partial charge in [0.15, 0.2) is 0 Å². The monoisotopic (exact) mass is 524 g/mol. The molecule has 0 saturated heterocycles. The summed E-state index contributed by atoms with van der Waals surface area (Å²) in [6.45, 7) is 8.89. The lowest BCUT2D eigenvalue weighted by molar-refractivity contribution is -0.136. The first kappa shape index (κ1) is 26.2. The third kappa shape index (κ3) is 5.60. The number of ether oxygens (including phenoxy) is 1. The van der Waals surface area contributed by atoms with E-state index in [2.05, 4.69) is 11.4 Å². The van der Waals surface area contributed by atoms with E-state index in [9.17, 15) is 9.59 Å². The van der Waals surface area contributed by atoms with Crippen LogP contribution in [0.25, 0.3) is 0 Å². The third-order valence-corrected chi connectivity index (χ3v) is 8.44. The molecule has 0 radical (unpaired) electrons. The highest BCUT2D eigenvalue weighted by atomic mass is 35.5. The highest BCUT2D eigenvalue weighted by Crippen LogP contribution is 2.34. The Morgan fingerprint density at radius 3 is 2.67 bits per heavy atom. The molecule has 3 aromatic rings. The first-order chi connectivity index (χ1) is 17.3. The molecule has 190 valence electrons. The number of fused-ring (bicyclic) bond motifs is 1. The number of hydrogen-bond donors (Lipinski definition) is 0. The van der Waals surface area contributed by atoms with Gasteiger partial charge in [-0.2, -0.15) is 0 Å². The second kappa shape index (κ2) is 11.5. The van der Waals surface area contributed by atoms with Crippen LogP contribution in [0.1, 0.15) is 58.2 Å². The zero-order chi connectivity index (χ0) is 25.8. The summed E-state index contributed by atoms with van der Waals surface area (Å²) in [6, 6.07) is 15.0. The summed E-state index contributed by atoms with van der Waals surface area (Å²) in [5.74, 6) is 0.561. The molecule has 0 unspecified atom stereocenters. The fourth-order valence-corrected chi connectivity index (χ4v) is 5.65. The van der Waals surface area contributed by atoms with E-state index in [-0.39, 0.29) is 30.4 Å². The fraction of sp³-hybridized carbons (Fsp3) is 0.379. The molecule has 1 aliphatic heterocycles. The van der Waals surface area contributed by atoms with E-state index in [4.69, 9.17) is 16.3 Å². The van der Waals surface area contributed by atoms with E-state index in [1.807, 2.05) is 75.1 Å². The molecule has 36 heavy (non-hydrogen) atoms. The van der Waals surface area contributed by atoms with Crippen LogP contribution in [0.5, 0.6) is 5.75 Å². The molecule has 1 aliphatic rings. The predicted octanol–water partition coefficient (Wildman–Crippen LogP) is 6.46. The molecule has 0 fully saturated rings. The van der Waals surface area contributed by atoms with Gasteiger partial charge < -0.3 is 14.5 Å². The van der Waals surface area contributed by atoms with Gasteiger partial charge in [-0.25, -0.2) is 0 Å². The first-order valence-corrected chi connectivity index (χ1v) is 13.7. The van der Waals surface area contributed by atoms with Crippen molar-refractivity contribution < 1.29 is 14.3 Å². The lowest BCUT2D eigenvalue weighted by atomic mass is 10.00. The third-order valence-electron chi connectivity index (χ3n) is 7.02. The van der Waals surface area contributed by atoms with E-state index in [0.29, 0.717) is 23.7 Å². The molecule has 0 saturated carbocycles. The van der Waals surface area contributed by atoms with Gasteiger partial charge >= 0.3 is 0 Å². The van der Waals surface area contributed by atoms with Crippen LogP contribution in [-0.4, -0.2) is 47.4 Å². The normalized spacial score (nSPS) is 15.8. The molecule has 7 heteroatoms. The Morgan fingerprint density at radius 2 is 1.94 bits per heavy atom. The van der Waals surface area contributed by atoms with Crippen molar-refractivity contribution in [1.82, 2.24) is 9.80 Å². The molecular formula is C29H33ClN2O3S. The van der Waals surface area contributed by atoms with E-state index >= 15 is 0 Å². The van der Waals surface area contributed by atoms with Crippen molar-refractivity contribution in [2.24, 2.45) is 0 Å². The lowest BCUT2D eigenvalue weighted by Gasteiger charge is -2.38. The van der Waals surface area contributed by atoms with Crippen molar-refractivity contribution >= 4 is 34.8 Å². The molecule has 2 atom stereocenters. The van der Waals surface area contributed by atoms with Gasteiger partial charge in [0.05, 0.1) is 6.04 Å². The molecule has 5 nitrogen and oxygen atoms in total. The smallest absolute Gasteiger partial charge is 0.254 e.